The maximum Gasteiger partial charge on any atom is 0.00756 e. The van der Waals surface area contributed by atoms with Crippen LogP contribution in [0.25, 0.3) is 11.1 Å². The van der Waals surface area contributed by atoms with Gasteiger partial charge in [-0.2, -0.15) is 0 Å². The minimum Gasteiger partial charge on any atom is -0.314 e. The highest BCUT2D eigenvalue weighted by molar-refractivity contribution is 5.63. The summed E-state index contributed by atoms with van der Waals surface area (Å²) in [5.41, 5.74) is 4.43. The third kappa shape index (κ3) is 3.03. The highest BCUT2D eigenvalue weighted by Crippen LogP contribution is 2.41. The fraction of sp³-hybridized carbons (Fsp3) is 0.400. The van der Waals surface area contributed by atoms with Gasteiger partial charge in [-0.25, -0.2) is 0 Å². The summed E-state index contributed by atoms with van der Waals surface area (Å²) in [6, 6.07) is 20.5. The van der Waals surface area contributed by atoms with E-state index in [1.807, 2.05) is 0 Å². The lowest BCUT2D eigenvalue weighted by atomic mass is 9.80. The van der Waals surface area contributed by atoms with Crippen LogP contribution in [0, 0.1) is 0 Å². The van der Waals surface area contributed by atoms with Crippen molar-refractivity contribution >= 4 is 0 Å². The lowest BCUT2D eigenvalue weighted by Crippen LogP contribution is -2.28. The number of hydrogen-bond acceptors (Lipinski definition) is 1. The van der Waals surface area contributed by atoms with Crippen molar-refractivity contribution in [1.29, 1.82) is 0 Å². The molecule has 1 N–H and O–H groups in total. The minimum atomic E-state index is 0.335. The molecule has 0 heterocycles. The second kappa shape index (κ2) is 6.03. The van der Waals surface area contributed by atoms with Crippen LogP contribution in [0.15, 0.2) is 54.6 Å². The summed E-state index contributed by atoms with van der Waals surface area (Å²) in [6.45, 7) is 5.69. The Kier molecular flexibility index (Phi) is 4.12. The third-order valence-electron chi connectivity index (χ3n) is 4.92. The van der Waals surface area contributed by atoms with E-state index in [0.29, 0.717) is 11.5 Å². The predicted molar refractivity (Wildman–Crippen MR) is 90.5 cm³/mol. The quantitative estimate of drug-likeness (QED) is 0.849. The van der Waals surface area contributed by atoms with Gasteiger partial charge in [0.15, 0.2) is 0 Å². The zero-order valence-electron chi connectivity index (χ0n) is 13.1. The van der Waals surface area contributed by atoms with E-state index in [0.717, 1.165) is 6.54 Å². The number of rotatable bonds is 4. The molecule has 1 aliphatic carbocycles. The van der Waals surface area contributed by atoms with E-state index in [-0.39, 0.29) is 0 Å². The summed E-state index contributed by atoms with van der Waals surface area (Å²) < 4.78 is 0. The molecule has 0 radical (unpaired) electrons. The fourth-order valence-electron chi connectivity index (χ4n) is 3.66. The summed E-state index contributed by atoms with van der Waals surface area (Å²) in [7, 11) is 0. The molecule has 1 fully saturated rings. The van der Waals surface area contributed by atoms with Crippen molar-refractivity contribution in [3.05, 3.63) is 60.2 Å². The smallest absolute Gasteiger partial charge is 0.00756 e. The first kappa shape index (κ1) is 14.3. The molecule has 1 heteroatoms. The van der Waals surface area contributed by atoms with Crippen molar-refractivity contribution < 1.29 is 0 Å². The molecule has 3 rings (SSSR count). The Bertz CT molecular complexity index is 573. The van der Waals surface area contributed by atoms with Crippen LogP contribution in [0.3, 0.4) is 0 Å². The normalized spacial score (nSPS) is 25.1. The van der Waals surface area contributed by atoms with Crippen LogP contribution in [0.1, 0.15) is 38.7 Å². The molecule has 0 aliphatic heterocycles. The molecule has 0 bridgehead atoms. The Hall–Kier alpha value is -1.60. The molecule has 1 saturated carbocycles. The Labute approximate surface area is 128 Å². The van der Waals surface area contributed by atoms with Gasteiger partial charge in [-0.3, -0.25) is 0 Å². The summed E-state index contributed by atoms with van der Waals surface area (Å²) in [6.07, 6.45) is 3.84. The fourth-order valence-corrected chi connectivity index (χ4v) is 3.66. The molecule has 0 saturated heterocycles. The summed E-state index contributed by atoms with van der Waals surface area (Å²) >= 11 is 0. The van der Waals surface area contributed by atoms with Crippen molar-refractivity contribution in [3.8, 4) is 11.1 Å². The largest absolute Gasteiger partial charge is 0.314 e. The Morgan fingerprint density at radius 2 is 1.67 bits per heavy atom. The molecule has 0 amide bonds. The van der Waals surface area contributed by atoms with Crippen molar-refractivity contribution in [2.24, 2.45) is 0 Å². The van der Waals surface area contributed by atoms with Gasteiger partial charge >= 0.3 is 0 Å². The summed E-state index contributed by atoms with van der Waals surface area (Å²) in [5.74, 6) is 0. The first-order valence-electron chi connectivity index (χ1n) is 8.10. The van der Waals surface area contributed by atoms with Gasteiger partial charge in [0.1, 0.15) is 0 Å². The Morgan fingerprint density at radius 1 is 1.00 bits per heavy atom. The second-order valence-corrected chi connectivity index (χ2v) is 6.50. The number of hydrogen-bond donors (Lipinski definition) is 1. The molecule has 0 spiro atoms. The Morgan fingerprint density at radius 3 is 2.33 bits per heavy atom. The molecule has 1 nitrogen and oxygen atoms in total. The molecular formula is C20H25N. The predicted octanol–water partition coefficient (Wildman–Crippen LogP) is 4.77. The molecular weight excluding hydrogens is 254 g/mol. The number of benzene rings is 2. The van der Waals surface area contributed by atoms with E-state index in [2.05, 4.69) is 73.8 Å². The van der Waals surface area contributed by atoms with Crippen LogP contribution in [0.4, 0.5) is 0 Å². The minimum absolute atomic E-state index is 0.335. The van der Waals surface area contributed by atoms with E-state index in [1.54, 1.807) is 0 Å². The average molecular weight is 279 g/mol. The molecule has 0 aromatic heterocycles. The molecule has 21 heavy (non-hydrogen) atoms. The Balaban J connectivity index is 1.78. The van der Waals surface area contributed by atoms with Crippen molar-refractivity contribution in [2.45, 2.75) is 44.6 Å². The van der Waals surface area contributed by atoms with Gasteiger partial charge in [0.25, 0.3) is 0 Å². The average Bonchev–Trinajstić information content (AvgIpc) is 2.91. The zero-order valence-corrected chi connectivity index (χ0v) is 13.1. The first-order valence-corrected chi connectivity index (χ1v) is 8.10. The van der Waals surface area contributed by atoms with Gasteiger partial charge in [-0.1, -0.05) is 68.4 Å². The van der Waals surface area contributed by atoms with E-state index in [1.165, 1.54) is 36.0 Å². The SMILES string of the molecule is CCNC1CCC(C)(c2ccc(-c3ccccc3)cc2)C1. The molecule has 2 atom stereocenters. The van der Waals surface area contributed by atoms with E-state index in [4.69, 9.17) is 0 Å². The van der Waals surface area contributed by atoms with Crippen LogP contribution < -0.4 is 5.32 Å². The van der Waals surface area contributed by atoms with Gasteiger partial charge in [-0.05, 0) is 47.9 Å². The van der Waals surface area contributed by atoms with Crippen molar-refractivity contribution in [3.63, 3.8) is 0 Å². The van der Waals surface area contributed by atoms with Gasteiger partial charge < -0.3 is 5.32 Å². The highest BCUT2D eigenvalue weighted by atomic mass is 14.9. The highest BCUT2D eigenvalue weighted by Gasteiger charge is 2.35. The van der Waals surface area contributed by atoms with E-state index < -0.39 is 0 Å². The number of nitrogens with one attached hydrogen (secondary N) is 1. The standard InChI is InChI=1S/C20H25N/c1-3-21-19-13-14-20(2,15-19)18-11-9-17(10-12-18)16-7-5-4-6-8-16/h4-12,19,21H,3,13-15H2,1-2H3. The van der Waals surface area contributed by atoms with Crippen molar-refractivity contribution in [1.82, 2.24) is 5.32 Å². The zero-order chi connectivity index (χ0) is 14.7. The maximum absolute atomic E-state index is 3.61. The van der Waals surface area contributed by atoms with Crippen LogP contribution in [-0.2, 0) is 5.41 Å². The van der Waals surface area contributed by atoms with Gasteiger partial charge in [-0.15, -0.1) is 0 Å². The maximum atomic E-state index is 3.61. The molecule has 1 aliphatic rings. The molecule has 2 unspecified atom stereocenters. The van der Waals surface area contributed by atoms with Gasteiger partial charge in [0, 0.05) is 6.04 Å². The summed E-state index contributed by atoms with van der Waals surface area (Å²) in [5, 5.41) is 3.61. The summed E-state index contributed by atoms with van der Waals surface area (Å²) in [4.78, 5) is 0. The lowest BCUT2D eigenvalue weighted by Gasteiger charge is -2.25. The van der Waals surface area contributed by atoms with Crippen LogP contribution in [0.5, 0.6) is 0 Å². The molecule has 2 aromatic carbocycles. The van der Waals surface area contributed by atoms with Gasteiger partial charge in [0.05, 0.1) is 0 Å². The molecule has 2 aromatic rings. The van der Waals surface area contributed by atoms with E-state index in [9.17, 15) is 0 Å². The monoisotopic (exact) mass is 279 g/mol. The van der Waals surface area contributed by atoms with Crippen molar-refractivity contribution in [2.75, 3.05) is 6.54 Å². The topological polar surface area (TPSA) is 12.0 Å². The second-order valence-electron chi connectivity index (χ2n) is 6.50. The van der Waals surface area contributed by atoms with Crippen LogP contribution in [-0.4, -0.2) is 12.6 Å². The van der Waals surface area contributed by atoms with E-state index >= 15 is 0 Å². The van der Waals surface area contributed by atoms with Crippen LogP contribution in [0.2, 0.25) is 0 Å². The van der Waals surface area contributed by atoms with Gasteiger partial charge in [0.2, 0.25) is 0 Å². The molecule has 110 valence electrons. The lowest BCUT2D eigenvalue weighted by molar-refractivity contribution is 0.458. The van der Waals surface area contributed by atoms with Crippen LogP contribution >= 0.6 is 0 Å². The third-order valence-corrected chi connectivity index (χ3v) is 4.92. The first-order chi connectivity index (χ1) is 10.2.